The first-order valence-electron chi connectivity index (χ1n) is 7.84. The quantitative estimate of drug-likeness (QED) is 0.780. The average molecular weight is 310 g/mol. The summed E-state index contributed by atoms with van der Waals surface area (Å²) in [6.07, 6.45) is 4.72. The number of nitrogens with zero attached hydrogens (tertiary/aromatic N) is 1. The number of thiazole rings is 1. The Bertz CT molecular complexity index is 486. The zero-order valence-electron chi connectivity index (χ0n) is 13.1. The summed E-state index contributed by atoms with van der Waals surface area (Å²) in [6, 6.07) is 0.260. The number of anilines is 2. The minimum Gasteiger partial charge on any atom is -0.382 e. The Hall–Kier alpha value is -1.30. The van der Waals surface area contributed by atoms with Gasteiger partial charge in [-0.25, -0.2) is 4.98 Å². The maximum absolute atomic E-state index is 12.5. The van der Waals surface area contributed by atoms with Gasteiger partial charge in [-0.1, -0.05) is 38.0 Å². The van der Waals surface area contributed by atoms with E-state index >= 15 is 0 Å². The molecule has 0 aromatic carbocycles. The highest BCUT2D eigenvalue weighted by molar-refractivity contribution is 7.18. The fourth-order valence-electron chi connectivity index (χ4n) is 3.09. The first kappa shape index (κ1) is 16.1. The van der Waals surface area contributed by atoms with Crippen LogP contribution in [0.3, 0.4) is 0 Å². The molecule has 1 heterocycles. The summed E-state index contributed by atoms with van der Waals surface area (Å²) in [5, 5.41) is 7.00. The van der Waals surface area contributed by atoms with Crippen LogP contribution in [0.15, 0.2) is 0 Å². The summed E-state index contributed by atoms with van der Waals surface area (Å²) < 4.78 is 0. The van der Waals surface area contributed by atoms with Crippen LogP contribution in [-0.2, 0) is 0 Å². The van der Waals surface area contributed by atoms with E-state index in [-0.39, 0.29) is 11.9 Å². The fourth-order valence-corrected chi connectivity index (χ4v) is 3.95. The minimum atomic E-state index is -0.0771. The molecule has 0 bridgehead atoms. The monoisotopic (exact) mass is 310 g/mol. The molecular formula is C15H26N4OS. The third-order valence-corrected chi connectivity index (χ3v) is 5.21. The number of carbonyl (C=O) groups is 1. The molecule has 1 amide bonds. The molecule has 1 aliphatic rings. The van der Waals surface area contributed by atoms with E-state index in [0.29, 0.717) is 27.7 Å². The number of amides is 1. The van der Waals surface area contributed by atoms with Gasteiger partial charge in [-0.3, -0.25) is 4.79 Å². The first-order valence-corrected chi connectivity index (χ1v) is 8.65. The summed E-state index contributed by atoms with van der Waals surface area (Å²) in [4.78, 5) is 17.2. The van der Waals surface area contributed by atoms with Crippen LogP contribution in [0.4, 0.5) is 10.9 Å². The molecule has 1 fully saturated rings. The molecule has 5 nitrogen and oxygen atoms in total. The third-order valence-electron chi connectivity index (χ3n) is 4.18. The lowest BCUT2D eigenvalue weighted by molar-refractivity contribution is 0.0894. The van der Waals surface area contributed by atoms with E-state index in [1.165, 1.54) is 30.6 Å². The maximum Gasteiger partial charge on any atom is 0.265 e. The number of nitrogens with two attached hydrogens (primary N) is 1. The van der Waals surface area contributed by atoms with E-state index < -0.39 is 0 Å². The van der Waals surface area contributed by atoms with Crippen LogP contribution in [0.5, 0.6) is 0 Å². The van der Waals surface area contributed by atoms with Crippen molar-refractivity contribution < 1.29 is 4.79 Å². The molecule has 21 heavy (non-hydrogen) atoms. The number of aromatic nitrogens is 1. The SMILES string of the molecule is CCNc1nc(N)c(C(=O)NC2CCCCC2C(C)C)s1. The number of rotatable bonds is 5. The zero-order chi connectivity index (χ0) is 15.4. The summed E-state index contributed by atoms with van der Waals surface area (Å²) in [5.41, 5.74) is 5.87. The van der Waals surface area contributed by atoms with Crippen molar-refractivity contribution in [3.8, 4) is 0 Å². The molecular weight excluding hydrogens is 284 g/mol. The number of hydrogen-bond donors (Lipinski definition) is 3. The van der Waals surface area contributed by atoms with Gasteiger partial charge in [0, 0.05) is 12.6 Å². The number of nitrogen functional groups attached to an aromatic ring is 1. The molecule has 0 radical (unpaired) electrons. The van der Waals surface area contributed by atoms with Crippen LogP contribution < -0.4 is 16.4 Å². The topological polar surface area (TPSA) is 80.0 Å². The van der Waals surface area contributed by atoms with E-state index in [1.807, 2.05) is 6.92 Å². The van der Waals surface area contributed by atoms with E-state index in [2.05, 4.69) is 29.5 Å². The van der Waals surface area contributed by atoms with E-state index in [9.17, 15) is 4.79 Å². The molecule has 1 aromatic rings. The van der Waals surface area contributed by atoms with Crippen molar-refractivity contribution >= 4 is 28.2 Å². The van der Waals surface area contributed by atoms with Gasteiger partial charge in [0.05, 0.1) is 0 Å². The van der Waals surface area contributed by atoms with Gasteiger partial charge in [-0.2, -0.15) is 0 Å². The van der Waals surface area contributed by atoms with Crippen LogP contribution in [0.2, 0.25) is 0 Å². The van der Waals surface area contributed by atoms with Gasteiger partial charge >= 0.3 is 0 Å². The van der Waals surface area contributed by atoms with Crippen LogP contribution in [0, 0.1) is 11.8 Å². The van der Waals surface area contributed by atoms with Crippen LogP contribution in [0.1, 0.15) is 56.1 Å². The van der Waals surface area contributed by atoms with E-state index in [0.717, 1.165) is 13.0 Å². The van der Waals surface area contributed by atoms with Crippen LogP contribution in [-0.4, -0.2) is 23.5 Å². The van der Waals surface area contributed by atoms with Crippen molar-refractivity contribution in [2.24, 2.45) is 11.8 Å². The highest BCUT2D eigenvalue weighted by atomic mass is 32.1. The van der Waals surface area contributed by atoms with Crippen molar-refractivity contribution in [1.29, 1.82) is 0 Å². The molecule has 1 aromatic heterocycles. The standard InChI is InChI=1S/C15H26N4OS/c1-4-17-15-19-13(16)12(21-15)14(20)18-11-8-6-5-7-10(11)9(2)3/h9-11H,4-8,16H2,1-3H3,(H,17,19)(H,18,20). The Balaban J connectivity index is 2.06. The van der Waals surface area contributed by atoms with Gasteiger partial charge in [0.15, 0.2) is 5.13 Å². The molecule has 1 saturated carbocycles. The van der Waals surface area contributed by atoms with Gasteiger partial charge in [-0.05, 0) is 31.6 Å². The highest BCUT2D eigenvalue weighted by Gasteiger charge is 2.29. The lowest BCUT2D eigenvalue weighted by atomic mass is 9.78. The van der Waals surface area contributed by atoms with Crippen LogP contribution >= 0.6 is 11.3 Å². The Morgan fingerprint density at radius 3 is 2.81 bits per heavy atom. The second kappa shape index (κ2) is 7.11. The number of nitrogens with one attached hydrogen (secondary N) is 2. The Morgan fingerprint density at radius 2 is 2.14 bits per heavy atom. The number of hydrogen-bond acceptors (Lipinski definition) is 5. The predicted molar refractivity (Wildman–Crippen MR) is 88.7 cm³/mol. The van der Waals surface area contributed by atoms with Gasteiger partial charge in [-0.15, -0.1) is 0 Å². The van der Waals surface area contributed by atoms with Gasteiger partial charge in [0.1, 0.15) is 10.7 Å². The second-order valence-corrected chi connectivity index (χ2v) is 7.04. The third kappa shape index (κ3) is 3.87. The maximum atomic E-state index is 12.5. The van der Waals surface area contributed by atoms with Crippen molar-refractivity contribution in [2.45, 2.75) is 52.5 Å². The Morgan fingerprint density at radius 1 is 1.43 bits per heavy atom. The average Bonchev–Trinajstić information content (AvgIpc) is 2.80. The summed E-state index contributed by atoms with van der Waals surface area (Å²) in [6.45, 7) is 7.23. The van der Waals surface area contributed by atoms with Crippen molar-refractivity contribution in [1.82, 2.24) is 10.3 Å². The number of carbonyl (C=O) groups excluding carboxylic acids is 1. The summed E-state index contributed by atoms with van der Waals surface area (Å²) in [7, 11) is 0. The summed E-state index contributed by atoms with van der Waals surface area (Å²) >= 11 is 1.33. The van der Waals surface area contributed by atoms with Crippen molar-refractivity contribution in [3.05, 3.63) is 4.88 Å². The molecule has 2 atom stereocenters. The van der Waals surface area contributed by atoms with Gasteiger partial charge in [0.25, 0.3) is 5.91 Å². The minimum absolute atomic E-state index is 0.0771. The second-order valence-electron chi connectivity index (χ2n) is 6.04. The molecule has 2 rings (SSSR count). The Kier molecular flexibility index (Phi) is 5.45. The molecule has 1 aliphatic carbocycles. The van der Waals surface area contributed by atoms with Gasteiger partial charge in [0.2, 0.25) is 0 Å². The largest absolute Gasteiger partial charge is 0.382 e. The molecule has 0 saturated heterocycles. The highest BCUT2D eigenvalue weighted by Crippen LogP contribution is 2.31. The van der Waals surface area contributed by atoms with E-state index in [4.69, 9.17) is 5.73 Å². The first-order chi connectivity index (χ1) is 10.0. The Labute approximate surface area is 130 Å². The molecule has 0 aliphatic heterocycles. The molecule has 2 unspecified atom stereocenters. The van der Waals surface area contributed by atoms with E-state index in [1.54, 1.807) is 0 Å². The molecule has 4 N–H and O–H groups in total. The van der Waals surface area contributed by atoms with Crippen molar-refractivity contribution in [2.75, 3.05) is 17.6 Å². The summed E-state index contributed by atoms with van der Waals surface area (Å²) in [5.74, 6) is 1.40. The molecule has 0 spiro atoms. The normalized spacial score (nSPS) is 22.3. The fraction of sp³-hybridized carbons (Fsp3) is 0.733. The smallest absolute Gasteiger partial charge is 0.265 e. The van der Waals surface area contributed by atoms with Crippen LogP contribution in [0.25, 0.3) is 0 Å². The van der Waals surface area contributed by atoms with Crippen molar-refractivity contribution in [3.63, 3.8) is 0 Å². The van der Waals surface area contributed by atoms with Gasteiger partial charge < -0.3 is 16.4 Å². The lowest BCUT2D eigenvalue weighted by Gasteiger charge is -2.34. The zero-order valence-corrected chi connectivity index (χ0v) is 13.9. The lowest BCUT2D eigenvalue weighted by Crippen LogP contribution is -2.43. The predicted octanol–water partition coefficient (Wildman–Crippen LogP) is 3.10. The molecule has 6 heteroatoms. The molecule has 118 valence electrons.